The molecule has 0 amide bonds. The Balaban J connectivity index is 3.95. The molecule has 0 saturated carbocycles. The molecule has 0 aromatic heterocycles. The van der Waals surface area contributed by atoms with E-state index in [1.807, 2.05) is 6.92 Å². The molecule has 0 saturated heterocycles. The van der Waals surface area contributed by atoms with E-state index in [0.717, 1.165) is 0 Å². The molecule has 15 nitrogen and oxygen atoms in total. The van der Waals surface area contributed by atoms with E-state index in [0.29, 0.717) is 79.3 Å². The van der Waals surface area contributed by atoms with Gasteiger partial charge in [0.2, 0.25) is 0 Å². The van der Waals surface area contributed by atoms with Gasteiger partial charge in [0.05, 0.1) is 85.9 Å². The molecule has 0 aromatic rings. The highest BCUT2D eigenvalue weighted by Gasteiger charge is 2.26. The van der Waals surface area contributed by atoms with E-state index in [4.69, 9.17) is 49.3 Å². The molecule has 0 spiro atoms. The molecule has 196 valence electrons. The van der Waals surface area contributed by atoms with Gasteiger partial charge in [-0.15, -0.1) is 0 Å². The Labute approximate surface area is 198 Å². The van der Waals surface area contributed by atoms with Crippen molar-refractivity contribution in [2.24, 2.45) is 15.6 Å². The van der Waals surface area contributed by atoms with Crippen LogP contribution in [0.1, 0.15) is 6.92 Å². The molecule has 0 aromatic carbocycles. The van der Waals surface area contributed by atoms with Crippen LogP contribution in [0.15, 0.2) is 10.2 Å². The maximum absolute atomic E-state index is 10.7. The third-order valence-electron chi connectivity index (χ3n) is 3.86. The van der Waals surface area contributed by atoms with Gasteiger partial charge in [-0.3, -0.25) is 0 Å². The van der Waals surface area contributed by atoms with Crippen LogP contribution in [0.25, 0.3) is 20.9 Å². The molecular formula is C19H36N6O9. The van der Waals surface area contributed by atoms with Crippen molar-refractivity contribution in [1.82, 2.24) is 0 Å². The van der Waals surface area contributed by atoms with E-state index >= 15 is 0 Å². The first-order chi connectivity index (χ1) is 16.5. The summed E-state index contributed by atoms with van der Waals surface area (Å²) in [4.78, 5) is 16.0. The number of carboxylic acids is 1. The monoisotopic (exact) mass is 492 g/mol. The fourth-order valence-electron chi connectivity index (χ4n) is 2.33. The molecule has 0 radical (unpaired) electrons. The minimum atomic E-state index is -1.05. The lowest BCUT2D eigenvalue weighted by atomic mass is 9.94. The van der Waals surface area contributed by atoms with Gasteiger partial charge in [-0.2, -0.15) is 0 Å². The van der Waals surface area contributed by atoms with Crippen LogP contribution < -0.4 is 0 Å². The fourth-order valence-corrected chi connectivity index (χ4v) is 2.33. The molecule has 0 rings (SSSR count). The summed E-state index contributed by atoms with van der Waals surface area (Å²) in [5.41, 5.74) is 15.7. The van der Waals surface area contributed by atoms with E-state index < -0.39 is 18.0 Å². The smallest absolute Gasteiger partial charge is 0.329 e. The molecule has 0 unspecified atom stereocenters. The Morgan fingerprint density at radius 2 is 1.03 bits per heavy atom. The Morgan fingerprint density at radius 1 is 0.676 bits per heavy atom. The van der Waals surface area contributed by atoms with Gasteiger partial charge in [-0.25, -0.2) is 4.79 Å². The van der Waals surface area contributed by atoms with E-state index in [-0.39, 0.29) is 19.7 Å². The molecule has 0 aliphatic carbocycles. The number of carboxylic acid groups (broad SMARTS) is 1. The van der Waals surface area contributed by atoms with E-state index in [1.54, 1.807) is 0 Å². The van der Waals surface area contributed by atoms with Crippen LogP contribution in [-0.4, -0.2) is 117 Å². The highest BCUT2D eigenvalue weighted by Crippen LogP contribution is 2.18. The molecule has 0 atom stereocenters. The highest BCUT2D eigenvalue weighted by atomic mass is 16.6. The van der Waals surface area contributed by atoms with Crippen LogP contribution >= 0.6 is 0 Å². The first-order valence-corrected chi connectivity index (χ1v) is 10.8. The highest BCUT2D eigenvalue weighted by molar-refractivity contribution is 5.67. The molecule has 0 fully saturated rings. The fraction of sp³-hybridized carbons (Fsp3) is 0.947. The molecule has 0 heterocycles. The zero-order chi connectivity index (χ0) is 25.2. The number of aliphatic carboxylic acids is 1. The first-order valence-electron chi connectivity index (χ1n) is 10.8. The Hall–Kier alpha value is -2.19. The van der Waals surface area contributed by atoms with Crippen molar-refractivity contribution in [3.63, 3.8) is 0 Å². The van der Waals surface area contributed by atoms with Crippen molar-refractivity contribution in [3.05, 3.63) is 20.9 Å². The van der Waals surface area contributed by atoms with E-state index in [9.17, 15) is 4.79 Å². The maximum atomic E-state index is 10.7. The van der Waals surface area contributed by atoms with Crippen LogP contribution in [0.4, 0.5) is 0 Å². The molecular weight excluding hydrogens is 456 g/mol. The van der Waals surface area contributed by atoms with Crippen LogP contribution in [-0.2, 0) is 38.0 Å². The quantitative estimate of drug-likeness (QED) is 0.0809. The number of hydrogen-bond donors (Lipinski definition) is 1. The average molecular weight is 493 g/mol. The standard InChI is InChI=1S/C19H36N6O9/c1-19(17-34-14-18(26)27,15-32-12-10-30-8-6-28-4-2-22-24-20)16-33-13-11-31-9-7-29-5-3-23-25-21/h2-17H2,1H3,(H,26,27). The van der Waals surface area contributed by atoms with Gasteiger partial charge in [0.1, 0.15) is 6.61 Å². The average Bonchev–Trinajstić information content (AvgIpc) is 2.81. The van der Waals surface area contributed by atoms with Gasteiger partial charge in [-0.1, -0.05) is 17.2 Å². The van der Waals surface area contributed by atoms with Gasteiger partial charge < -0.3 is 38.3 Å². The Kier molecular flexibility index (Phi) is 22.4. The SMILES string of the molecule is CC(COCCOCCOCCN=[N+]=[N-])(COCCOCCOCCN=[N+]=[N-])COCC(=O)O. The summed E-state index contributed by atoms with van der Waals surface area (Å²) in [6.45, 7) is 6.44. The lowest BCUT2D eigenvalue weighted by molar-refractivity contribution is -0.145. The Morgan fingerprint density at radius 3 is 1.41 bits per heavy atom. The number of hydrogen-bond acceptors (Lipinski definition) is 10. The minimum absolute atomic E-state index is 0.152. The van der Waals surface area contributed by atoms with Gasteiger partial charge in [0.15, 0.2) is 0 Å². The number of azide groups is 2. The third kappa shape index (κ3) is 23.0. The van der Waals surface area contributed by atoms with Gasteiger partial charge in [0, 0.05) is 28.3 Å². The van der Waals surface area contributed by atoms with Gasteiger partial charge in [-0.05, 0) is 11.1 Å². The summed E-state index contributed by atoms with van der Waals surface area (Å²) in [6, 6.07) is 0. The molecule has 0 aliphatic rings. The second-order valence-electron chi connectivity index (χ2n) is 7.16. The Bertz CT molecular complexity index is 563. The lowest BCUT2D eigenvalue weighted by Crippen LogP contribution is -2.36. The molecule has 0 bridgehead atoms. The minimum Gasteiger partial charge on any atom is -0.480 e. The van der Waals surface area contributed by atoms with Crippen LogP contribution in [0.3, 0.4) is 0 Å². The van der Waals surface area contributed by atoms with Crippen LogP contribution in [0.5, 0.6) is 0 Å². The number of carbonyl (C=O) groups is 1. The zero-order valence-corrected chi connectivity index (χ0v) is 19.7. The van der Waals surface area contributed by atoms with Crippen molar-refractivity contribution < 1.29 is 43.1 Å². The van der Waals surface area contributed by atoms with E-state index in [2.05, 4.69) is 20.1 Å². The van der Waals surface area contributed by atoms with E-state index in [1.165, 1.54) is 0 Å². The number of rotatable bonds is 26. The zero-order valence-electron chi connectivity index (χ0n) is 19.7. The molecule has 34 heavy (non-hydrogen) atoms. The summed E-state index contributed by atoms with van der Waals surface area (Å²) in [7, 11) is 0. The molecule has 0 aliphatic heterocycles. The topological polar surface area (TPSA) is 199 Å². The molecule has 1 N–H and O–H groups in total. The predicted molar refractivity (Wildman–Crippen MR) is 120 cm³/mol. The second-order valence-corrected chi connectivity index (χ2v) is 7.16. The number of ether oxygens (including phenoxy) is 7. The maximum Gasteiger partial charge on any atom is 0.329 e. The lowest BCUT2D eigenvalue weighted by Gasteiger charge is -2.28. The van der Waals surface area contributed by atoms with Crippen molar-refractivity contribution in [2.45, 2.75) is 6.92 Å². The summed E-state index contributed by atoms with van der Waals surface area (Å²) in [5, 5.41) is 15.5. The third-order valence-corrected chi connectivity index (χ3v) is 3.86. The van der Waals surface area contributed by atoms with Crippen LogP contribution in [0, 0.1) is 5.41 Å². The van der Waals surface area contributed by atoms with Crippen LogP contribution in [0.2, 0.25) is 0 Å². The summed E-state index contributed by atoms with van der Waals surface area (Å²) in [5.74, 6) is -1.05. The van der Waals surface area contributed by atoms with Crippen molar-refractivity contribution >= 4 is 5.97 Å². The summed E-state index contributed by atoms with van der Waals surface area (Å²) >= 11 is 0. The van der Waals surface area contributed by atoms with Gasteiger partial charge >= 0.3 is 5.97 Å². The second kappa shape index (κ2) is 24.0. The first kappa shape index (κ1) is 31.8. The summed E-state index contributed by atoms with van der Waals surface area (Å²) < 4.78 is 37.8. The van der Waals surface area contributed by atoms with Gasteiger partial charge in [0.25, 0.3) is 0 Å². The van der Waals surface area contributed by atoms with Crippen molar-refractivity contribution in [3.8, 4) is 0 Å². The number of nitrogens with zero attached hydrogens (tertiary/aromatic N) is 6. The largest absolute Gasteiger partial charge is 0.480 e. The molecule has 15 heteroatoms. The summed E-state index contributed by atoms with van der Waals surface area (Å²) in [6.07, 6.45) is 0. The van der Waals surface area contributed by atoms with Crippen molar-refractivity contribution in [2.75, 3.05) is 106 Å². The van der Waals surface area contributed by atoms with Crippen molar-refractivity contribution in [1.29, 1.82) is 0 Å². The predicted octanol–water partition coefficient (Wildman–Crippen LogP) is 1.81. The normalized spacial score (nSPS) is 12.5.